The van der Waals surface area contributed by atoms with E-state index in [0.717, 1.165) is 0 Å². The molecule has 20 heavy (non-hydrogen) atoms. The number of benzene rings is 1. The molecule has 0 aliphatic heterocycles. The summed E-state index contributed by atoms with van der Waals surface area (Å²) in [6, 6.07) is 4.94. The monoisotopic (exact) mass is 287 g/mol. The fraction of sp³-hybridized carbons (Fsp3) is 0.133. The Kier molecular flexibility index (Phi) is 2.83. The van der Waals surface area contributed by atoms with E-state index in [1.807, 2.05) is 0 Å². The van der Waals surface area contributed by atoms with Crippen molar-refractivity contribution in [2.24, 2.45) is 0 Å². The summed E-state index contributed by atoms with van der Waals surface area (Å²) >= 11 is 5.99. The van der Waals surface area contributed by atoms with Crippen molar-refractivity contribution in [2.75, 3.05) is 7.11 Å². The third-order valence-electron chi connectivity index (χ3n) is 3.44. The van der Waals surface area contributed by atoms with Gasteiger partial charge in [-0.15, -0.1) is 0 Å². The van der Waals surface area contributed by atoms with Crippen molar-refractivity contribution in [1.29, 1.82) is 0 Å². The van der Waals surface area contributed by atoms with Gasteiger partial charge in [0.2, 0.25) is 5.78 Å². The van der Waals surface area contributed by atoms with Crippen molar-refractivity contribution < 1.29 is 14.3 Å². The largest absolute Gasteiger partial charge is 0.496 e. The van der Waals surface area contributed by atoms with Crippen LogP contribution >= 0.6 is 11.6 Å². The molecule has 1 aliphatic rings. The second-order valence-corrected chi connectivity index (χ2v) is 4.90. The number of hydrogen-bond donors (Lipinski definition) is 0. The van der Waals surface area contributed by atoms with Crippen molar-refractivity contribution in [3.05, 3.63) is 57.4 Å². The van der Waals surface area contributed by atoms with Crippen LogP contribution in [0.1, 0.15) is 37.5 Å². The minimum Gasteiger partial charge on any atom is -0.496 e. The highest BCUT2D eigenvalue weighted by Crippen LogP contribution is 2.34. The molecule has 100 valence electrons. The Morgan fingerprint density at radius 3 is 2.60 bits per heavy atom. The number of nitrogens with zero attached hydrogens (tertiary/aromatic N) is 1. The highest BCUT2D eigenvalue weighted by Gasteiger charge is 2.34. The lowest BCUT2D eigenvalue weighted by Crippen LogP contribution is -2.24. The smallest absolute Gasteiger partial charge is 0.216 e. The molecule has 0 fully saturated rings. The first-order valence-corrected chi connectivity index (χ1v) is 6.35. The summed E-state index contributed by atoms with van der Waals surface area (Å²) in [5.41, 5.74) is 1.58. The van der Waals surface area contributed by atoms with Gasteiger partial charge in [0.05, 0.1) is 23.3 Å². The lowest BCUT2D eigenvalue weighted by Gasteiger charge is -2.20. The van der Waals surface area contributed by atoms with Crippen molar-refractivity contribution >= 4 is 23.2 Å². The first-order chi connectivity index (χ1) is 9.56. The Morgan fingerprint density at radius 1 is 1.15 bits per heavy atom. The normalized spacial score (nSPS) is 12.9. The summed E-state index contributed by atoms with van der Waals surface area (Å²) in [7, 11) is 1.46. The fourth-order valence-corrected chi connectivity index (χ4v) is 2.55. The molecule has 2 aromatic rings. The van der Waals surface area contributed by atoms with Gasteiger partial charge in [-0.05, 0) is 18.6 Å². The number of hydrogen-bond acceptors (Lipinski definition) is 4. The molecule has 1 heterocycles. The molecule has 0 bridgehead atoms. The van der Waals surface area contributed by atoms with E-state index in [2.05, 4.69) is 4.98 Å². The van der Waals surface area contributed by atoms with E-state index in [-0.39, 0.29) is 28.4 Å². The molecule has 0 unspecified atom stereocenters. The van der Waals surface area contributed by atoms with Gasteiger partial charge in [0.15, 0.2) is 5.78 Å². The lowest BCUT2D eigenvalue weighted by atomic mass is 9.84. The maximum Gasteiger partial charge on any atom is 0.216 e. The van der Waals surface area contributed by atoms with Gasteiger partial charge in [-0.3, -0.25) is 14.6 Å². The maximum atomic E-state index is 12.6. The summed E-state index contributed by atoms with van der Waals surface area (Å²) in [4.78, 5) is 29.2. The third-order valence-corrected chi connectivity index (χ3v) is 3.82. The van der Waals surface area contributed by atoms with E-state index in [1.54, 1.807) is 25.1 Å². The van der Waals surface area contributed by atoms with E-state index < -0.39 is 0 Å². The number of ketones is 2. The Hall–Kier alpha value is -2.20. The number of carbonyl (C=O) groups is 2. The third kappa shape index (κ3) is 1.58. The van der Waals surface area contributed by atoms with Gasteiger partial charge in [-0.2, -0.15) is 0 Å². The first-order valence-electron chi connectivity index (χ1n) is 5.97. The Bertz CT molecular complexity index is 768. The Labute approximate surface area is 120 Å². The number of halogens is 1. The van der Waals surface area contributed by atoms with Crippen LogP contribution in [0.4, 0.5) is 0 Å². The topological polar surface area (TPSA) is 56.3 Å². The number of rotatable bonds is 1. The van der Waals surface area contributed by atoms with Gasteiger partial charge in [-0.1, -0.05) is 23.7 Å². The second-order valence-electron chi connectivity index (χ2n) is 4.50. The molecule has 5 heteroatoms. The molecule has 3 rings (SSSR count). The van der Waals surface area contributed by atoms with Crippen LogP contribution in [0.5, 0.6) is 5.75 Å². The molecule has 0 saturated heterocycles. The van der Waals surface area contributed by atoms with Gasteiger partial charge in [-0.25, -0.2) is 0 Å². The van der Waals surface area contributed by atoms with Crippen LogP contribution in [-0.2, 0) is 0 Å². The van der Waals surface area contributed by atoms with Crippen molar-refractivity contribution in [3.63, 3.8) is 0 Å². The number of ether oxygens (including phenoxy) is 1. The van der Waals surface area contributed by atoms with Gasteiger partial charge >= 0.3 is 0 Å². The molecular formula is C15H10ClNO3. The number of carbonyl (C=O) groups excluding carboxylic acids is 2. The number of methoxy groups -OCH3 is 1. The van der Waals surface area contributed by atoms with Crippen molar-refractivity contribution in [1.82, 2.24) is 4.98 Å². The van der Waals surface area contributed by atoms with Gasteiger partial charge < -0.3 is 4.74 Å². The standard InChI is InChI=1S/C15H10ClNO3/c1-7-9(16)6-17-13-11(7)14(18)8-4-3-5-10(20-2)12(8)15(13)19/h3-6H,1-2H3. The zero-order valence-corrected chi connectivity index (χ0v) is 11.6. The molecule has 0 radical (unpaired) electrons. The zero-order valence-electron chi connectivity index (χ0n) is 10.9. The summed E-state index contributed by atoms with van der Waals surface area (Å²) < 4.78 is 5.17. The van der Waals surface area contributed by atoms with Crippen LogP contribution in [0.25, 0.3) is 0 Å². The van der Waals surface area contributed by atoms with Gasteiger partial charge in [0.25, 0.3) is 0 Å². The second kappa shape index (κ2) is 4.42. The predicted octanol–water partition coefficient (Wildman–Crippen LogP) is 2.83. The molecule has 4 nitrogen and oxygen atoms in total. The molecule has 0 amide bonds. The Morgan fingerprint density at radius 2 is 1.90 bits per heavy atom. The molecule has 1 aliphatic carbocycles. The van der Waals surface area contributed by atoms with Gasteiger partial charge in [0, 0.05) is 11.8 Å². The van der Waals surface area contributed by atoms with Crippen LogP contribution in [0.2, 0.25) is 5.02 Å². The van der Waals surface area contributed by atoms with Crippen molar-refractivity contribution in [2.45, 2.75) is 6.92 Å². The molecule has 0 N–H and O–H groups in total. The molecule has 1 aromatic carbocycles. The molecule has 0 saturated carbocycles. The van der Waals surface area contributed by atoms with E-state index in [9.17, 15) is 9.59 Å². The van der Waals surface area contributed by atoms with E-state index in [0.29, 0.717) is 21.9 Å². The number of aromatic nitrogens is 1. The lowest BCUT2D eigenvalue weighted by molar-refractivity contribution is 0.0972. The fourth-order valence-electron chi connectivity index (χ4n) is 2.41. The van der Waals surface area contributed by atoms with Crippen molar-refractivity contribution in [3.8, 4) is 5.75 Å². The molecule has 0 atom stereocenters. The highest BCUT2D eigenvalue weighted by atomic mass is 35.5. The average Bonchev–Trinajstić information content (AvgIpc) is 2.46. The Balaban J connectivity index is 2.37. The zero-order chi connectivity index (χ0) is 14.4. The van der Waals surface area contributed by atoms with E-state index in [1.165, 1.54) is 13.3 Å². The minimum absolute atomic E-state index is 0.133. The van der Waals surface area contributed by atoms with Crippen LogP contribution in [0.3, 0.4) is 0 Å². The SMILES string of the molecule is COc1cccc2c1C(=O)c1ncc(Cl)c(C)c1C2=O. The summed E-state index contributed by atoms with van der Waals surface area (Å²) in [6.45, 7) is 1.71. The molecule has 1 aromatic heterocycles. The predicted molar refractivity (Wildman–Crippen MR) is 73.8 cm³/mol. The number of pyridine rings is 1. The first kappa shape index (κ1) is 12.8. The highest BCUT2D eigenvalue weighted by molar-refractivity contribution is 6.34. The van der Waals surface area contributed by atoms with Crippen LogP contribution in [0, 0.1) is 6.92 Å². The van der Waals surface area contributed by atoms with Crippen LogP contribution in [0.15, 0.2) is 24.4 Å². The average molecular weight is 288 g/mol. The summed E-state index contributed by atoms with van der Waals surface area (Å²) in [6.07, 6.45) is 1.39. The van der Waals surface area contributed by atoms with Crippen LogP contribution < -0.4 is 4.74 Å². The molecular weight excluding hydrogens is 278 g/mol. The minimum atomic E-state index is -0.313. The summed E-state index contributed by atoms with van der Waals surface area (Å²) in [5.74, 6) is -0.186. The van der Waals surface area contributed by atoms with E-state index in [4.69, 9.17) is 16.3 Å². The van der Waals surface area contributed by atoms with Crippen LogP contribution in [-0.4, -0.2) is 23.7 Å². The number of fused-ring (bicyclic) bond motifs is 2. The summed E-state index contributed by atoms with van der Waals surface area (Å²) in [5, 5.41) is 0.372. The molecule has 0 spiro atoms. The quantitative estimate of drug-likeness (QED) is 0.690. The van der Waals surface area contributed by atoms with Gasteiger partial charge in [0.1, 0.15) is 11.4 Å². The maximum absolute atomic E-state index is 12.6. The van der Waals surface area contributed by atoms with E-state index >= 15 is 0 Å².